The van der Waals surface area contributed by atoms with Gasteiger partial charge in [-0.2, -0.15) is 0 Å². The molecule has 3 N–H and O–H groups in total. The average molecular weight is 338 g/mol. The first-order chi connectivity index (χ1) is 11.6. The number of carbonyl (C=O) groups is 1. The van der Waals surface area contributed by atoms with E-state index < -0.39 is 18.2 Å². The molecule has 4 nitrogen and oxygen atoms in total. The molecule has 0 saturated heterocycles. The number of carboxylic acids is 1. The number of aliphatic hydroxyl groups is 2. The molecule has 0 rings (SSSR count). The van der Waals surface area contributed by atoms with Gasteiger partial charge in [-0.1, -0.05) is 62.6 Å². The highest BCUT2D eigenvalue weighted by Crippen LogP contribution is 2.10. The maximum Gasteiger partial charge on any atom is 0.303 e. The lowest BCUT2D eigenvalue weighted by molar-refractivity contribution is -0.137. The van der Waals surface area contributed by atoms with Crippen molar-refractivity contribution in [1.82, 2.24) is 0 Å². The molecule has 4 heteroatoms. The van der Waals surface area contributed by atoms with Crippen LogP contribution >= 0.6 is 0 Å². The Hall–Kier alpha value is -1.39. The normalized spacial score (nSPS) is 14.8. The van der Waals surface area contributed by atoms with Gasteiger partial charge in [-0.15, -0.1) is 0 Å². The first-order valence-corrected chi connectivity index (χ1v) is 9.10. The van der Waals surface area contributed by atoms with Crippen molar-refractivity contribution < 1.29 is 20.1 Å². The Morgan fingerprint density at radius 3 is 2.12 bits per heavy atom. The van der Waals surface area contributed by atoms with Gasteiger partial charge in [0.05, 0.1) is 12.2 Å². The lowest BCUT2D eigenvalue weighted by Crippen LogP contribution is -2.25. The summed E-state index contributed by atoms with van der Waals surface area (Å²) in [6, 6.07) is 0. The van der Waals surface area contributed by atoms with Crippen LogP contribution in [0, 0.1) is 0 Å². The SMILES string of the molecule is CCCCC[C@@H](O)[C@@H](O)C/C=C\C/C=C\C/C=C\CCCC(=O)O. The van der Waals surface area contributed by atoms with E-state index in [2.05, 4.69) is 19.1 Å². The Morgan fingerprint density at radius 2 is 1.50 bits per heavy atom. The van der Waals surface area contributed by atoms with Gasteiger partial charge in [0.25, 0.3) is 0 Å². The highest BCUT2D eigenvalue weighted by atomic mass is 16.4. The molecule has 2 atom stereocenters. The second kappa shape index (κ2) is 16.5. The first-order valence-electron chi connectivity index (χ1n) is 9.10. The summed E-state index contributed by atoms with van der Waals surface area (Å²) in [5, 5.41) is 28.1. The molecule has 0 aromatic rings. The van der Waals surface area contributed by atoms with E-state index in [1.54, 1.807) is 0 Å². The Labute approximate surface area is 146 Å². The molecular formula is C20H34O4. The summed E-state index contributed by atoms with van der Waals surface area (Å²) >= 11 is 0. The monoisotopic (exact) mass is 338 g/mol. The van der Waals surface area contributed by atoms with Gasteiger partial charge in [-0.3, -0.25) is 4.79 Å². The summed E-state index contributed by atoms with van der Waals surface area (Å²) in [6.07, 6.45) is 18.5. The van der Waals surface area contributed by atoms with E-state index in [-0.39, 0.29) is 6.42 Å². The minimum absolute atomic E-state index is 0.226. The minimum Gasteiger partial charge on any atom is -0.481 e. The second-order valence-electron chi connectivity index (χ2n) is 6.04. The zero-order valence-corrected chi connectivity index (χ0v) is 14.9. The number of unbranched alkanes of at least 4 members (excludes halogenated alkanes) is 3. The lowest BCUT2D eigenvalue weighted by Gasteiger charge is -2.15. The Kier molecular flexibility index (Phi) is 15.5. The van der Waals surface area contributed by atoms with Gasteiger partial charge in [0.2, 0.25) is 0 Å². The van der Waals surface area contributed by atoms with E-state index in [1.807, 2.05) is 24.3 Å². The molecule has 0 unspecified atom stereocenters. The van der Waals surface area contributed by atoms with Crippen LogP contribution in [-0.4, -0.2) is 33.5 Å². The fraction of sp³-hybridized carbons (Fsp3) is 0.650. The molecule has 24 heavy (non-hydrogen) atoms. The standard InChI is InChI=1S/C20H34O4/c1-2-3-12-15-18(21)19(22)16-13-10-8-6-4-5-7-9-11-14-17-20(23)24/h4,6-7,9-10,13,18-19,21-22H,2-3,5,8,11-12,14-17H2,1H3,(H,23,24)/b6-4-,9-7-,13-10-/t18-,19+/m1/s1. The Balaban J connectivity index is 3.62. The maximum absolute atomic E-state index is 10.3. The number of aliphatic hydroxyl groups excluding tert-OH is 2. The number of hydrogen-bond acceptors (Lipinski definition) is 3. The lowest BCUT2D eigenvalue weighted by atomic mass is 10.0. The van der Waals surface area contributed by atoms with Crippen LogP contribution in [0.3, 0.4) is 0 Å². The van der Waals surface area contributed by atoms with E-state index in [0.29, 0.717) is 19.3 Å². The third-order valence-electron chi connectivity index (χ3n) is 3.73. The molecule has 0 aliphatic carbocycles. The molecule has 0 amide bonds. The second-order valence-corrected chi connectivity index (χ2v) is 6.04. The van der Waals surface area contributed by atoms with Crippen LogP contribution in [0.15, 0.2) is 36.5 Å². The van der Waals surface area contributed by atoms with Gasteiger partial charge in [-0.25, -0.2) is 0 Å². The molecule has 0 aliphatic rings. The first kappa shape index (κ1) is 22.6. The molecule has 0 fully saturated rings. The molecule has 0 spiro atoms. The van der Waals surface area contributed by atoms with Crippen LogP contribution in [0.4, 0.5) is 0 Å². The quantitative estimate of drug-likeness (QED) is 0.306. The number of hydrogen-bond donors (Lipinski definition) is 3. The molecule has 0 radical (unpaired) electrons. The van der Waals surface area contributed by atoms with Crippen molar-refractivity contribution in [2.45, 2.75) is 83.3 Å². The van der Waals surface area contributed by atoms with E-state index in [1.165, 1.54) is 0 Å². The highest BCUT2D eigenvalue weighted by molar-refractivity contribution is 5.66. The number of carboxylic acid groups (broad SMARTS) is 1. The largest absolute Gasteiger partial charge is 0.481 e. The third-order valence-corrected chi connectivity index (χ3v) is 3.73. The third kappa shape index (κ3) is 15.5. The summed E-state index contributed by atoms with van der Waals surface area (Å²) in [5.41, 5.74) is 0. The number of allylic oxidation sites excluding steroid dienone is 5. The van der Waals surface area contributed by atoms with Crippen molar-refractivity contribution in [3.8, 4) is 0 Å². The van der Waals surface area contributed by atoms with Crippen LogP contribution in [0.2, 0.25) is 0 Å². The van der Waals surface area contributed by atoms with Gasteiger partial charge in [0.15, 0.2) is 0 Å². The van der Waals surface area contributed by atoms with Gasteiger partial charge < -0.3 is 15.3 Å². The van der Waals surface area contributed by atoms with E-state index in [0.717, 1.165) is 38.5 Å². The Morgan fingerprint density at radius 1 is 0.875 bits per heavy atom. The van der Waals surface area contributed by atoms with Crippen molar-refractivity contribution in [1.29, 1.82) is 0 Å². The molecule has 0 saturated carbocycles. The van der Waals surface area contributed by atoms with Gasteiger partial charge in [0.1, 0.15) is 0 Å². The fourth-order valence-electron chi connectivity index (χ4n) is 2.22. The van der Waals surface area contributed by atoms with Gasteiger partial charge in [-0.05, 0) is 38.5 Å². The maximum atomic E-state index is 10.3. The zero-order chi connectivity index (χ0) is 18.0. The molecular weight excluding hydrogens is 304 g/mol. The van der Waals surface area contributed by atoms with Crippen molar-refractivity contribution in [3.63, 3.8) is 0 Å². The van der Waals surface area contributed by atoms with Gasteiger partial charge >= 0.3 is 5.97 Å². The van der Waals surface area contributed by atoms with Crippen LogP contribution in [-0.2, 0) is 4.79 Å². The fourth-order valence-corrected chi connectivity index (χ4v) is 2.22. The van der Waals surface area contributed by atoms with Crippen molar-refractivity contribution >= 4 is 5.97 Å². The van der Waals surface area contributed by atoms with E-state index in [9.17, 15) is 15.0 Å². The highest BCUT2D eigenvalue weighted by Gasteiger charge is 2.13. The summed E-state index contributed by atoms with van der Waals surface area (Å²) < 4.78 is 0. The summed E-state index contributed by atoms with van der Waals surface area (Å²) in [7, 11) is 0. The van der Waals surface area contributed by atoms with Crippen LogP contribution < -0.4 is 0 Å². The number of rotatable bonds is 15. The molecule has 0 bridgehead atoms. The van der Waals surface area contributed by atoms with E-state index >= 15 is 0 Å². The zero-order valence-electron chi connectivity index (χ0n) is 14.9. The topological polar surface area (TPSA) is 77.8 Å². The molecule has 0 aliphatic heterocycles. The summed E-state index contributed by atoms with van der Waals surface area (Å²) in [6.45, 7) is 2.12. The van der Waals surface area contributed by atoms with Crippen LogP contribution in [0.25, 0.3) is 0 Å². The Bertz CT molecular complexity index is 385. The minimum atomic E-state index is -0.742. The molecule has 0 aromatic carbocycles. The van der Waals surface area contributed by atoms with Crippen molar-refractivity contribution in [2.75, 3.05) is 0 Å². The summed E-state index contributed by atoms with van der Waals surface area (Å²) in [4.78, 5) is 10.3. The molecule has 0 aromatic heterocycles. The van der Waals surface area contributed by atoms with Crippen molar-refractivity contribution in [2.24, 2.45) is 0 Å². The predicted molar refractivity (Wildman–Crippen MR) is 98.9 cm³/mol. The van der Waals surface area contributed by atoms with Crippen LogP contribution in [0.1, 0.15) is 71.1 Å². The predicted octanol–water partition coefficient (Wildman–Crippen LogP) is 4.38. The van der Waals surface area contributed by atoms with E-state index in [4.69, 9.17) is 5.11 Å². The molecule has 0 heterocycles. The van der Waals surface area contributed by atoms with Crippen molar-refractivity contribution in [3.05, 3.63) is 36.5 Å². The number of aliphatic carboxylic acids is 1. The molecule has 138 valence electrons. The smallest absolute Gasteiger partial charge is 0.303 e. The summed E-state index contributed by atoms with van der Waals surface area (Å²) in [5.74, 6) is -0.742. The average Bonchev–Trinajstić information content (AvgIpc) is 2.55. The van der Waals surface area contributed by atoms with Gasteiger partial charge in [0, 0.05) is 6.42 Å². The van der Waals surface area contributed by atoms with Crippen LogP contribution in [0.5, 0.6) is 0 Å².